The van der Waals surface area contributed by atoms with Crippen LogP contribution in [0.4, 0.5) is 5.95 Å². The van der Waals surface area contributed by atoms with Gasteiger partial charge in [0.15, 0.2) is 0 Å². The van der Waals surface area contributed by atoms with E-state index < -0.39 is 10.0 Å². The van der Waals surface area contributed by atoms with Gasteiger partial charge in [0, 0.05) is 0 Å². The van der Waals surface area contributed by atoms with E-state index in [1.54, 1.807) is 12.1 Å². The monoisotopic (exact) mass is 347 g/mol. The van der Waals surface area contributed by atoms with E-state index in [1.165, 1.54) is 16.9 Å². The molecular formula is C15H13N3O3S2. The number of nitrogens with one attached hydrogen (secondary N) is 1. The minimum atomic E-state index is -3.72. The summed E-state index contributed by atoms with van der Waals surface area (Å²) < 4.78 is 32.4. The van der Waals surface area contributed by atoms with E-state index in [0.29, 0.717) is 5.89 Å². The number of benzene rings is 1. The minimum absolute atomic E-state index is 0.0612. The highest BCUT2D eigenvalue weighted by Crippen LogP contribution is 2.27. The maximum atomic E-state index is 12.5. The first-order valence-electron chi connectivity index (χ1n) is 7.14. The minimum Gasteiger partial charge on any atom is -0.331 e. The van der Waals surface area contributed by atoms with Crippen molar-refractivity contribution >= 4 is 27.3 Å². The molecule has 23 heavy (non-hydrogen) atoms. The first-order chi connectivity index (χ1) is 11.1. The molecule has 0 amide bonds. The van der Waals surface area contributed by atoms with Crippen molar-refractivity contribution in [2.75, 3.05) is 4.72 Å². The van der Waals surface area contributed by atoms with E-state index in [1.807, 2.05) is 23.6 Å². The SMILES string of the molecule is O=S(=O)(Nc1noc(-c2cccs2)n1)c1ccc2c(c1)CCC2. The summed E-state index contributed by atoms with van der Waals surface area (Å²) in [5.74, 6) is 0.237. The summed E-state index contributed by atoms with van der Waals surface area (Å²) in [6, 6.07) is 8.91. The Morgan fingerprint density at radius 3 is 2.87 bits per heavy atom. The second-order valence-electron chi connectivity index (χ2n) is 5.29. The average molecular weight is 347 g/mol. The number of aryl methyl sites for hydroxylation is 2. The quantitative estimate of drug-likeness (QED) is 0.784. The largest absolute Gasteiger partial charge is 0.331 e. The predicted octanol–water partition coefficient (Wildman–Crippen LogP) is 3.09. The van der Waals surface area contributed by atoms with Crippen LogP contribution < -0.4 is 4.72 Å². The zero-order chi connectivity index (χ0) is 15.9. The molecule has 0 bridgehead atoms. The molecule has 0 spiro atoms. The van der Waals surface area contributed by atoms with Gasteiger partial charge >= 0.3 is 0 Å². The maximum Gasteiger partial charge on any atom is 0.277 e. The molecule has 1 aromatic carbocycles. The smallest absolute Gasteiger partial charge is 0.277 e. The number of thiophene rings is 1. The normalized spacial score (nSPS) is 13.9. The summed E-state index contributed by atoms with van der Waals surface area (Å²) >= 11 is 1.44. The van der Waals surface area contributed by atoms with Crippen molar-refractivity contribution in [3.8, 4) is 10.8 Å². The topological polar surface area (TPSA) is 85.1 Å². The number of fused-ring (bicyclic) bond motifs is 1. The van der Waals surface area contributed by atoms with Gasteiger partial charge in [-0.25, -0.2) is 13.1 Å². The van der Waals surface area contributed by atoms with Gasteiger partial charge in [-0.05, 0) is 59.1 Å². The van der Waals surface area contributed by atoms with Crippen LogP contribution in [-0.4, -0.2) is 18.6 Å². The average Bonchev–Trinajstić information content (AvgIpc) is 3.27. The molecule has 0 atom stereocenters. The molecule has 3 aromatic rings. The van der Waals surface area contributed by atoms with E-state index >= 15 is 0 Å². The molecule has 0 radical (unpaired) electrons. The second-order valence-corrected chi connectivity index (χ2v) is 7.92. The third-order valence-electron chi connectivity index (χ3n) is 3.76. The number of hydrogen-bond acceptors (Lipinski definition) is 6. The van der Waals surface area contributed by atoms with Gasteiger partial charge < -0.3 is 4.52 Å². The number of hydrogen-bond donors (Lipinski definition) is 1. The van der Waals surface area contributed by atoms with Gasteiger partial charge in [0.25, 0.3) is 21.9 Å². The fourth-order valence-corrected chi connectivity index (χ4v) is 4.29. The molecule has 1 N–H and O–H groups in total. The summed E-state index contributed by atoms with van der Waals surface area (Å²) in [7, 11) is -3.72. The molecular weight excluding hydrogens is 334 g/mol. The fraction of sp³-hybridized carbons (Fsp3) is 0.200. The van der Waals surface area contributed by atoms with Crippen molar-refractivity contribution in [3.05, 3.63) is 46.8 Å². The lowest BCUT2D eigenvalue weighted by Gasteiger charge is -2.06. The molecule has 2 heterocycles. The lowest BCUT2D eigenvalue weighted by atomic mass is 10.1. The van der Waals surface area contributed by atoms with Crippen LogP contribution >= 0.6 is 11.3 Å². The Morgan fingerprint density at radius 2 is 2.04 bits per heavy atom. The first kappa shape index (κ1) is 14.4. The standard InChI is InChI=1S/C15H13N3O3S2/c19-23(20,12-7-6-10-3-1-4-11(10)9-12)18-15-16-14(21-17-15)13-5-2-8-22-13/h2,5-9H,1,3-4H2,(H,17,18). The lowest BCUT2D eigenvalue weighted by Crippen LogP contribution is -2.14. The van der Waals surface area contributed by atoms with E-state index in [-0.39, 0.29) is 10.8 Å². The Labute approximate surface area is 137 Å². The fourth-order valence-electron chi connectivity index (χ4n) is 2.66. The molecule has 0 saturated carbocycles. The number of rotatable bonds is 4. The summed E-state index contributed by atoms with van der Waals surface area (Å²) in [5, 5.41) is 5.57. The van der Waals surface area contributed by atoms with Gasteiger partial charge in [-0.15, -0.1) is 11.3 Å². The van der Waals surface area contributed by atoms with Crippen LogP contribution in [0.5, 0.6) is 0 Å². The molecule has 0 unspecified atom stereocenters. The summed E-state index contributed by atoms with van der Waals surface area (Å²) in [6.07, 6.45) is 3.00. The molecule has 1 aliphatic carbocycles. The van der Waals surface area contributed by atoms with Crippen LogP contribution in [0.25, 0.3) is 10.8 Å². The molecule has 1 aliphatic rings. The van der Waals surface area contributed by atoms with Gasteiger partial charge in [-0.2, -0.15) is 4.98 Å². The van der Waals surface area contributed by atoms with Crippen LogP contribution in [0.2, 0.25) is 0 Å². The molecule has 2 aromatic heterocycles. The summed E-state index contributed by atoms with van der Waals surface area (Å²) in [4.78, 5) is 5.09. The zero-order valence-corrected chi connectivity index (χ0v) is 13.7. The highest BCUT2D eigenvalue weighted by atomic mass is 32.2. The van der Waals surface area contributed by atoms with Crippen LogP contribution in [-0.2, 0) is 22.9 Å². The molecule has 8 heteroatoms. The third-order valence-corrected chi connectivity index (χ3v) is 5.95. The molecule has 0 saturated heterocycles. The van der Waals surface area contributed by atoms with Gasteiger partial charge in [-0.3, -0.25) is 0 Å². The van der Waals surface area contributed by atoms with Gasteiger partial charge in [0.2, 0.25) is 0 Å². The zero-order valence-electron chi connectivity index (χ0n) is 12.0. The van der Waals surface area contributed by atoms with Crippen LogP contribution in [0.1, 0.15) is 17.5 Å². The number of nitrogens with zero attached hydrogens (tertiary/aromatic N) is 2. The first-order valence-corrected chi connectivity index (χ1v) is 9.50. The summed E-state index contributed by atoms with van der Waals surface area (Å²) in [5.41, 5.74) is 2.32. The molecule has 118 valence electrons. The number of anilines is 1. The van der Waals surface area contributed by atoms with E-state index in [2.05, 4.69) is 14.9 Å². The Hall–Kier alpha value is -2.19. The van der Waals surface area contributed by atoms with Crippen molar-refractivity contribution in [1.82, 2.24) is 10.1 Å². The van der Waals surface area contributed by atoms with E-state index in [9.17, 15) is 8.42 Å². The van der Waals surface area contributed by atoms with Gasteiger partial charge in [-0.1, -0.05) is 12.1 Å². The van der Waals surface area contributed by atoms with Crippen molar-refractivity contribution in [2.45, 2.75) is 24.2 Å². The van der Waals surface area contributed by atoms with Crippen LogP contribution in [0, 0.1) is 0 Å². The number of sulfonamides is 1. The van der Waals surface area contributed by atoms with Gasteiger partial charge in [0.1, 0.15) is 0 Å². The summed E-state index contributed by atoms with van der Waals surface area (Å²) in [6.45, 7) is 0. The molecule has 4 rings (SSSR count). The Morgan fingerprint density at radius 1 is 1.17 bits per heavy atom. The molecule has 6 nitrogen and oxygen atoms in total. The van der Waals surface area contributed by atoms with Crippen molar-refractivity contribution in [3.63, 3.8) is 0 Å². The lowest BCUT2D eigenvalue weighted by molar-refractivity contribution is 0.434. The maximum absolute atomic E-state index is 12.5. The molecule has 0 fully saturated rings. The highest BCUT2D eigenvalue weighted by molar-refractivity contribution is 7.92. The second kappa shape index (κ2) is 5.47. The molecule has 0 aliphatic heterocycles. The van der Waals surface area contributed by atoms with Crippen molar-refractivity contribution in [1.29, 1.82) is 0 Å². The van der Waals surface area contributed by atoms with Crippen LogP contribution in [0.3, 0.4) is 0 Å². The van der Waals surface area contributed by atoms with E-state index in [4.69, 9.17) is 4.52 Å². The van der Waals surface area contributed by atoms with E-state index in [0.717, 1.165) is 29.7 Å². The van der Waals surface area contributed by atoms with Crippen molar-refractivity contribution in [2.24, 2.45) is 0 Å². The Kier molecular flexibility index (Phi) is 3.42. The van der Waals surface area contributed by atoms with Gasteiger partial charge in [0.05, 0.1) is 9.77 Å². The Balaban J connectivity index is 1.60. The number of aromatic nitrogens is 2. The van der Waals surface area contributed by atoms with Crippen molar-refractivity contribution < 1.29 is 12.9 Å². The predicted molar refractivity (Wildman–Crippen MR) is 86.9 cm³/mol. The highest BCUT2D eigenvalue weighted by Gasteiger charge is 2.21. The third kappa shape index (κ3) is 2.75. The Bertz CT molecular complexity index is 946. The van der Waals surface area contributed by atoms with Crippen LogP contribution in [0.15, 0.2) is 45.1 Å².